The largest absolute Gasteiger partial charge is 0.370 e. The van der Waals surface area contributed by atoms with Gasteiger partial charge in [0, 0.05) is 44.5 Å². The molecule has 1 fully saturated rings. The van der Waals surface area contributed by atoms with Crippen molar-refractivity contribution in [1.82, 2.24) is 10.2 Å². The van der Waals surface area contributed by atoms with Crippen molar-refractivity contribution in [1.29, 1.82) is 0 Å². The van der Waals surface area contributed by atoms with E-state index in [0.29, 0.717) is 11.4 Å². The maximum atomic E-state index is 14.4. The Kier molecular flexibility index (Phi) is 7.09. The number of benzene rings is 2. The molecule has 0 unspecified atom stereocenters. The predicted octanol–water partition coefficient (Wildman–Crippen LogP) is 4.46. The van der Waals surface area contributed by atoms with Crippen LogP contribution in [-0.2, 0) is 6.54 Å². The summed E-state index contributed by atoms with van der Waals surface area (Å²) in [5.74, 6) is -0.340. The number of hydrogen-bond acceptors (Lipinski definition) is 3. The zero-order valence-electron chi connectivity index (χ0n) is 17.5. The molecular weight excluding hydrogens is 367 g/mol. The molecule has 0 radical (unpaired) electrons. The van der Waals surface area contributed by atoms with E-state index in [2.05, 4.69) is 39.8 Å². The molecule has 1 heterocycles. The summed E-state index contributed by atoms with van der Waals surface area (Å²) in [6.45, 7) is 6.85. The molecule has 3 rings (SSSR count). The van der Waals surface area contributed by atoms with Gasteiger partial charge in [-0.2, -0.15) is 0 Å². The van der Waals surface area contributed by atoms with Crippen LogP contribution in [0.5, 0.6) is 0 Å². The first kappa shape index (κ1) is 21.1. The quantitative estimate of drug-likeness (QED) is 0.755. The van der Waals surface area contributed by atoms with Gasteiger partial charge in [-0.15, -0.1) is 0 Å². The molecule has 29 heavy (non-hydrogen) atoms. The van der Waals surface area contributed by atoms with Crippen LogP contribution in [-0.4, -0.2) is 43.2 Å². The fourth-order valence-electron chi connectivity index (χ4n) is 3.58. The van der Waals surface area contributed by atoms with E-state index in [9.17, 15) is 9.18 Å². The molecule has 2 aromatic carbocycles. The fourth-order valence-corrected chi connectivity index (χ4v) is 3.58. The van der Waals surface area contributed by atoms with Gasteiger partial charge in [0.1, 0.15) is 5.82 Å². The number of anilines is 2. The second-order valence-electron chi connectivity index (χ2n) is 8.01. The molecule has 6 heteroatoms. The van der Waals surface area contributed by atoms with Crippen LogP contribution < -0.4 is 15.5 Å². The molecule has 0 bridgehead atoms. The van der Waals surface area contributed by atoms with Gasteiger partial charge in [0.25, 0.3) is 0 Å². The molecule has 1 aliphatic rings. The predicted molar refractivity (Wildman–Crippen MR) is 117 cm³/mol. The lowest BCUT2D eigenvalue weighted by molar-refractivity contribution is 0.190. The van der Waals surface area contributed by atoms with Crippen LogP contribution in [0.4, 0.5) is 20.6 Å². The van der Waals surface area contributed by atoms with E-state index in [1.165, 1.54) is 11.6 Å². The van der Waals surface area contributed by atoms with Crippen LogP contribution >= 0.6 is 0 Å². The van der Waals surface area contributed by atoms with Crippen LogP contribution in [0.15, 0.2) is 48.5 Å². The van der Waals surface area contributed by atoms with E-state index in [1.54, 1.807) is 12.1 Å². The molecule has 156 valence electrons. The molecule has 2 amide bonds. The summed E-state index contributed by atoms with van der Waals surface area (Å²) in [6.07, 6.45) is 1.82. The molecule has 0 spiro atoms. The summed E-state index contributed by atoms with van der Waals surface area (Å²) in [7, 11) is 1.85. The number of piperidine rings is 1. The molecule has 0 aliphatic carbocycles. The number of halogens is 1. The highest BCUT2D eigenvalue weighted by Crippen LogP contribution is 2.23. The highest BCUT2D eigenvalue weighted by molar-refractivity contribution is 5.89. The third-order valence-corrected chi connectivity index (χ3v) is 5.53. The van der Waals surface area contributed by atoms with Crippen molar-refractivity contribution >= 4 is 17.4 Å². The summed E-state index contributed by atoms with van der Waals surface area (Å²) >= 11 is 0. The first-order valence-corrected chi connectivity index (χ1v) is 10.3. The number of hydrogen-bond donors (Lipinski definition) is 2. The number of nitrogens with one attached hydrogen (secondary N) is 2. The van der Waals surface area contributed by atoms with E-state index in [0.717, 1.165) is 32.5 Å². The SMILES string of the molecule is CC(C)N(C)c1ccc(NC(=O)NC2CCN(Cc3ccccc3)CC2)cc1F. The van der Waals surface area contributed by atoms with Gasteiger partial charge in [0.15, 0.2) is 0 Å². The number of urea groups is 1. The summed E-state index contributed by atoms with van der Waals surface area (Å²) < 4.78 is 14.4. The molecule has 0 aromatic heterocycles. The maximum absolute atomic E-state index is 14.4. The van der Waals surface area contributed by atoms with E-state index in [-0.39, 0.29) is 23.9 Å². The maximum Gasteiger partial charge on any atom is 0.319 e. The van der Waals surface area contributed by atoms with E-state index in [1.807, 2.05) is 31.9 Å². The van der Waals surface area contributed by atoms with Gasteiger partial charge in [-0.25, -0.2) is 9.18 Å². The minimum Gasteiger partial charge on any atom is -0.370 e. The smallest absolute Gasteiger partial charge is 0.319 e. The van der Waals surface area contributed by atoms with Crippen molar-refractivity contribution in [2.45, 2.75) is 45.3 Å². The third kappa shape index (κ3) is 5.94. The normalized spacial score (nSPS) is 15.3. The summed E-state index contributed by atoms with van der Waals surface area (Å²) in [6, 6.07) is 15.3. The Morgan fingerprint density at radius 1 is 1.17 bits per heavy atom. The minimum atomic E-state index is -0.340. The van der Waals surface area contributed by atoms with E-state index >= 15 is 0 Å². The average Bonchev–Trinajstić information content (AvgIpc) is 2.70. The fraction of sp³-hybridized carbons (Fsp3) is 0.435. The molecule has 5 nitrogen and oxygen atoms in total. The summed E-state index contributed by atoms with van der Waals surface area (Å²) in [4.78, 5) is 16.6. The topological polar surface area (TPSA) is 47.6 Å². The lowest BCUT2D eigenvalue weighted by atomic mass is 10.0. The van der Waals surface area contributed by atoms with Crippen LogP contribution in [0.3, 0.4) is 0 Å². The first-order chi connectivity index (χ1) is 13.9. The second-order valence-corrected chi connectivity index (χ2v) is 8.01. The Labute approximate surface area is 172 Å². The van der Waals surface area contributed by atoms with E-state index in [4.69, 9.17) is 0 Å². The highest BCUT2D eigenvalue weighted by Gasteiger charge is 2.21. The first-order valence-electron chi connectivity index (χ1n) is 10.3. The minimum absolute atomic E-state index is 0.137. The zero-order valence-corrected chi connectivity index (χ0v) is 17.5. The summed E-state index contributed by atoms with van der Waals surface area (Å²) in [5, 5.41) is 5.77. The van der Waals surface area contributed by atoms with Gasteiger partial charge in [-0.3, -0.25) is 4.90 Å². The van der Waals surface area contributed by atoms with Crippen molar-refractivity contribution in [3.05, 3.63) is 59.9 Å². The Hall–Kier alpha value is -2.60. The van der Waals surface area contributed by atoms with Gasteiger partial charge >= 0.3 is 6.03 Å². The van der Waals surface area contributed by atoms with Crippen molar-refractivity contribution in [2.24, 2.45) is 0 Å². The van der Waals surface area contributed by atoms with Gasteiger partial charge < -0.3 is 15.5 Å². The van der Waals surface area contributed by atoms with Gasteiger partial charge in [0.2, 0.25) is 0 Å². The Morgan fingerprint density at radius 3 is 2.48 bits per heavy atom. The van der Waals surface area contributed by atoms with Gasteiger partial charge in [-0.1, -0.05) is 30.3 Å². The highest BCUT2D eigenvalue weighted by atomic mass is 19.1. The Morgan fingerprint density at radius 2 is 1.86 bits per heavy atom. The number of nitrogens with zero attached hydrogens (tertiary/aromatic N) is 2. The molecule has 0 saturated carbocycles. The Bertz CT molecular complexity index is 804. The molecule has 1 saturated heterocycles. The number of likely N-dealkylation sites (tertiary alicyclic amines) is 1. The van der Waals surface area contributed by atoms with Gasteiger partial charge in [-0.05, 0) is 50.5 Å². The lowest BCUT2D eigenvalue weighted by Crippen LogP contribution is -2.45. The van der Waals surface area contributed by atoms with Crippen molar-refractivity contribution < 1.29 is 9.18 Å². The van der Waals surface area contributed by atoms with Crippen molar-refractivity contribution in [2.75, 3.05) is 30.4 Å². The number of carbonyl (C=O) groups excluding carboxylic acids is 1. The summed E-state index contributed by atoms with van der Waals surface area (Å²) in [5.41, 5.74) is 2.30. The van der Waals surface area contributed by atoms with E-state index < -0.39 is 0 Å². The van der Waals surface area contributed by atoms with Gasteiger partial charge in [0.05, 0.1) is 5.69 Å². The van der Waals surface area contributed by atoms with Crippen molar-refractivity contribution in [3.63, 3.8) is 0 Å². The lowest BCUT2D eigenvalue weighted by Gasteiger charge is -2.32. The van der Waals surface area contributed by atoms with Crippen LogP contribution in [0.2, 0.25) is 0 Å². The molecule has 0 atom stereocenters. The van der Waals surface area contributed by atoms with Crippen molar-refractivity contribution in [3.8, 4) is 0 Å². The number of rotatable bonds is 6. The molecule has 1 aliphatic heterocycles. The standard InChI is InChI=1S/C23H31FN4O/c1-17(2)27(3)22-10-9-20(15-21(22)24)26-23(29)25-19-11-13-28(14-12-19)16-18-7-5-4-6-8-18/h4-10,15,17,19H,11-14,16H2,1-3H3,(H2,25,26,29). The van der Waals surface area contributed by atoms with Crippen LogP contribution in [0.1, 0.15) is 32.3 Å². The average molecular weight is 399 g/mol. The zero-order chi connectivity index (χ0) is 20.8. The second kappa shape index (κ2) is 9.74. The number of amides is 2. The van der Waals surface area contributed by atoms with Crippen LogP contribution in [0, 0.1) is 5.82 Å². The third-order valence-electron chi connectivity index (χ3n) is 5.53. The van der Waals surface area contributed by atoms with Crippen LogP contribution in [0.25, 0.3) is 0 Å². The monoisotopic (exact) mass is 398 g/mol. The molecular formula is C23H31FN4O. The molecule has 2 N–H and O–H groups in total. The Balaban J connectivity index is 1.46. The number of carbonyl (C=O) groups is 1. The molecule has 2 aromatic rings.